The van der Waals surface area contributed by atoms with Crippen molar-refractivity contribution in [3.8, 4) is 23.1 Å². The van der Waals surface area contributed by atoms with Crippen molar-refractivity contribution in [2.24, 2.45) is 0 Å². The maximum Gasteiger partial charge on any atom is 0.417 e. The third kappa shape index (κ3) is 3.71. The van der Waals surface area contributed by atoms with Gasteiger partial charge in [0.25, 0.3) is 0 Å². The van der Waals surface area contributed by atoms with E-state index in [0.717, 1.165) is 12.1 Å². The monoisotopic (exact) mass is 407 g/mol. The zero-order valence-corrected chi connectivity index (χ0v) is 15.2. The summed E-state index contributed by atoms with van der Waals surface area (Å²) in [7, 11) is 0. The second kappa shape index (κ2) is 7.33. The van der Waals surface area contributed by atoms with Crippen molar-refractivity contribution < 1.29 is 18.0 Å². The Bertz CT molecular complexity index is 1330. The van der Waals surface area contributed by atoms with Crippen LogP contribution >= 0.6 is 0 Å². The van der Waals surface area contributed by atoms with Gasteiger partial charge in [0.15, 0.2) is 11.9 Å². The number of nitrogens with zero attached hydrogens (tertiary/aromatic N) is 4. The van der Waals surface area contributed by atoms with Crippen LogP contribution in [0.5, 0.6) is 0 Å². The lowest BCUT2D eigenvalue weighted by molar-refractivity contribution is -0.137. The van der Waals surface area contributed by atoms with E-state index < -0.39 is 17.3 Å². The van der Waals surface area contributed by atoms with Gasteiger partial charge in [-0.1, -0.05) is 18.1 Å². The van der Waals surface area contributed by atoms with Gasteiger partial charge in [-0.05, 0) is 36.3 Å². The van der Waals surface area contributed by atoms with E-state index >= 15 is 0 Å². The highest BCUT2D eigenvalue weighted by Crippen LogP contribution is 2.34. The molecule has 6 nitrogen and oxygen atoms in total. The molecule has 3 aromatic heterocycles. The molecule has 0 fully saturated rings. The third-order valence-electron chi connectivity index (χ3n) is 4.26. The van der Waals surface area contributed by atoms with E-state index in [2.05, 4.69) is 26.9 Å². The maximum absolute atomic E-state index is 13.3. The predicted octanol–water partition coefficient (Wildman–Crippen LogP) is 3.60. The molecule has 0 radical (unpaired) electrons. The number of hydrogen-bond acceptors (Lipinski definition) is 5. The Morgan fingerprint density at radius 2 is 1.87 bits per heavy atom. The highest BCUT2D eigenvalue weighted by molar-refractivity contribution is 5.79. The van der Waals surface area contributed by atoms with Gasteiger partial charge in [0.2, 0.25) is 0 Å². The maximum atomic E-state index is 13.3. The van der Waals surface area contributed by atoms with Crippen molar-refractivity contribution in [3.63, 3.8) is 0 Å². The molecule has 3 heterocycles. The van der Waals surface area contributed by atoms with Crippen LogP contribution in [-0.4, -0.2) is 25.9 Å². The van der Waals surface area contributed by atoms with Crippen LogP contribution in [0.25, 0.3) is 16.9 Å². The molecule has 0 saturated carbocycles. The first-order chi connectivity index (χ1) is 14.3. The zero-order chi connectivity index (χ0) is 21.3. The fourth-order valence-corrected chi connectivity index (χ4v) is 2.84. The second-order valence-electron chi connectivity index (χ2n) is 6.27. The molecule has 148 valence electrons. The third-order valence-corrected chi connectivity index (χ3v) is 4.26. The number of nitrogens with two attached hydrogens (primary N) is 1. The Morgan fingerprint density at radius 3 is 2.60 bits per heavy atom. The molecular weight excluding hydrogens is 395 g/mol. The van der Waals surface area contributed by atoms with Gasteiger partial charge >= 0.3 is 6.18 Å². The highest BCUT2D eigenvalue weighted by Gasteiger charge is 2.33. The minimum atomic E-state index is -4.66. The summed E-state index contributed by atoms with van der Waals surface area (Å²) in [6.45, 7) is 0. The molecule has 0 unspecified atom stereocenters. The second-order valence-corrected chi connectivity index (χ2v) is 6.27. The Kier molecular flexibility index (Phi) is 4.68. The molecule has 0 spiro atoms. The summed E-state index contributed by atoms with van der Waals surface area (Å²) in [4.78, 5) is 19.1. The fraction of sp³-hybridized carbons (Fsp3) is 0.0476. The van der Waals surface area contributed by atoms with Crippen molar-refractivity contribution in [2.75, 3.05) is 5.73 Å². The largest absolute Gasteiger partial charge is 0.417 e. The lowest BCUT2D eigenvalue weighted by atomic mass is 10.0. The summed E-state index contributed by atoms with van der Waals surface area (Å²) in [6.07, 6.45) is -1.43. The van der Waals surface area contributed by atoms with Crippen LogP contribution in [0.15, 0.2) is 54.9 Å². The number of fused-ring (bicyclic) bond motifs is 1. The smallest absolute Gasteiger partial charge is 0.384 e. The number of rotatable bonds is 2. The number of anilines is 1. The van der Waals surface area contributed by atoms with Crippen LogP contribution in [0.1, 0.15) is 27.2 Å². The molecule has 30 heavy (non-hydrogen) atoms. The Labute approximate surface area is 168 Å². The van der Waals surface area contributed by atoms with Gasteiger partial charge in [-0.3, -0.25) is 4.79 Å². The van der Waals surface area contributed by atoms with E-state index in [4.69, 9.17) is 5.73 Å². The molecule has 2 N–H and O–H groups in total. The Balaban J connectivity index is 1.78. The molecule has 1 aromatic carbocycles. The standard InChI is InChI=1S/C21H12F3N5O/c22-21(23,24)17-10-14(2-3-15(17)12-30)18-5-6-20-27-11-16(29(20)28-18)4-1-13-7-8-26-19(25)9-13/h2-3,5-12H,(H2,25,26). The quantitative estimate of drug-likeness (QED) is 0.405. The number of aldehydes is 1. The van der Waals surface area contributed by atoms with E-state index in [1.165, 1.54) is 23.0 Å². The first-order valence-electron chi connectivity index (χ1n) is 8.60. The van der Waals surface area contributed by atoms with Crippen LogP contribution in [-0.2, 0) is 6.18 Å². The van der Waals surface area contributed by atoms with Crippen molar-refractivity contribution in [3.05, 3.63) is 77.2 Å². The summed E-state index contributed by atoms with van der Waals surface area (Å²) < 4.78 is 41.2. The van der Waals surface area contributed by atoms with Crippen LogP contribution in [0.3, 0.4) is 0 Å². The van der Waals surface area contributed by atoms with Crippen molar-refractivity contribution >= 4 is 17.8 Å². The van der Waals surface area contributed by atoms with E-state index in [0.29, 0.717) is 22.7 Å². The topological polar surface area (TPSA) is 86.2 Å². The number of benzene rings is 1. The van der Waals surface area contributed by atoms with Crippen LogP contribution < -0.4 is 5.73 Å². The van der Waals surface area contributed by atoms with Gasteiger partial charge in [-0.2, -0.15) is 18.3 Å². The molecule has 0 aliphatic heterocycles. The normalized spacial score (nSPS) is 11.2. The number of hydrogen-bond donors (Lipinski definition) is 1. The molecule has 0 bridgehead atoms. The van der Waals surface area contributed by atoms with E-state index in [9.17, 15) is 18.0 Å². The molecular formula is C21H12F3N5O. The van der Waals surface area contributed by atoms with E-state index in [1.807, 2.05) is 0 Å². The number of carbonyl (C=O) groups is 1. The Hall–Kier alpha value is -4.19. The minimum Gasteiger partial charge on any atom is -0.384 e. The van der Waals surface area contributed by atoms with Crippen LogP contribution in [0, 0.1) is 11.8 Å². The predicted molar refractivity (Wildman–Crippen MR) is 103 cm³/mol. The molecule has 0 aliphatic rings. The summed E-state index contributed by atoms with van der Waals surface area (Å²) in [5, 5.41) is 4.37. The first-order valence-corrected chi connectivity index (χ1v) is 8.60. The lowest BCUT2D eigenvalue weighted by Crippen LogP contribution is -2.09. The van der Waals surface area contributed by atoms with Gasteiger partial charge in [0.1, 0.15) is 11.5 Å². The van der Waals surface area contributed by atoms with Gasteiger partial charge in [-0.15, -0.1) is 0 Å². The number of alkyl halides is 3. The summed E-state index contributed by atoms with van der Waals surface area (Å²) in [5.74, 6) is 6.18. The number of pyridine rings is 1. The van der Waals surface area contributed by atoms with Gasteiger partial charge < -0.3 is 5.73 Å². The number of aromatic nitrogens is 4. The average Bonchev–Trinajstić information content (AvgIpc) is 3.13. The molecule has 4 rings (SSSR count). The zero-order valence-electron chi connectivity index (χ0n) is 15.2. The average molecular weight is 407 g/mol. The molecule has 0 atom stereocenters. The fourth-order valence-electron chi connectivity index (χ4n) is 2.84. The van der Waals surface area contributed by atoms with Crippen molar-refractivity contribution in [1.29, 1.82) is 0 Å². The van der Waals surface area contributed by atoms with Gasteiger partial charge in [0.05, 0.1) is 17.5 Å². The molecule has 4 aromatic rings. The molecule has 0 aliphatic carbocycles. The number of nitrogen functional groups attached to an aromatic ring is 1. The molecule has 0 amide bonds. The summed E-state index contributed by atoms with van der Waals surface area (Å²) >= 11 is 0. The molecule has 0 saturated heterocycles. The number of halogens is 3. The highest BCUT2D eigenvalue weighted by atomic mass is 19.4. The van der Waals surface area contributed by atoms with Gasteiger partial charge in [-0.25, -0.2) is 14.5 Å². The summed E-state index contributed by atoms with van der Waals surface area (Å²) in [5.41, 5.74) is 6.25. The number of imidazole rings is 1. The van der Waals surface area contributed by atoms with Crippen LogP contribution in [0.2, 0.25) is 0 Å². The van der Waals surface area contributed by atoms with Crippen molar-refractivity contribution in [1.82, 2.24) is 19.6 Å². The van der Waals surface area contributed by atoms with Crippen LogP contribution in [0.4, 0.5) is 19.0 Å². The SMILES string of the molecule is Nc1cc(C#Cc2cnc3ccc(-c4ccc(C=O)c(C(F)(F)F)c4)nn23)ccn1. The van der Waals surface area contributed by atoms with E-state index in [-0.39, 0.29) is 17.5 Å². The molecule has 9 heteroatoms. The first kappa shape index (κ1) is 19.1. The lowest BCUT2D eigenvalue weighted by Gasteiger charge is -2.11. The van der Waals surface area contributed by atoms with Crippen molar-refractivity contribution in [2.45, 2.75) is 6.18 Å². The van der Waals surface area contributed by atoms with Gasteiger partial charge in [0, 0.05) is 22.9 Å². The minimum absolute atomic E-state index is 0.179. The van der Waals surface area contributed by atoms with E-state index in [1.54, 1.807) is 24.3 Å². The Morgan fingerprint density at radius 1 is 1.03 bits per heavy atom. The summed E-state index contributed by atoms with van der Waals surface area (Å²) in [6, 6.07) is 9.92. The number of carbonyl (C=O) groups excluding carboxylic acids is 1.